The number of hydrogen-bond acceptors (Lipinski definition) is 3. The molecule has 0 saturated carbocycles. The summed E-state index contributed by atoms with van der Waals surface area (Å²) in [6.45, 7) is 6.14. The number of anilines is 2. The predicted molar refractivity (Wildman–Crippen MR) is 93.1 cm³/mol. The van der Waals surface area contributed by atoms with Crippen LogP contribution in [0.4, 0.5) is 16.2 Å². The second kappa shape index (κ2) is 7.68. The highest BCUT2D eigenvalue weighted by atomic mass is 16.5. The average Bonchev–Trinajstić information content (AvgIpc) is 2.84. The molecular formula is C18H27N3O2. The maximum atomic E-state index is 12.4. The number of benzene rings is 1. The first-order valence-corrected chi connectivity index (χ1v) is 8.75. The van der Waals surface area contributed by atoms with E-state index in [2.05, 4.69) is 22.3 Å². The van der Waals surface area contributed by atoms with Crippen LogP contribution in [-0.4, -0.2) is 49.8 Å². The van der Waals surface area contributed by atoms with E-state index < -0.39 is 0 Å². The van der Waals surface area contributed by atoms with Crippen molar-refractivity contribution in [3.63, 3.8) is 0 Å². The van der Waals surface area contributed by atoms with Crippen LogP contribution in [0.3, 0.4) is 0 Å². The van der Waals surface area contributed by atoms with Gasteiger partial charge in [0.05, 0.1) is 12.7 Å². The lowest BCUT2D eigenvalue weighted by Crippen LogP contribution is -2.46. The van der Waals surface area contributed by atoms with Crippen LogP contribution < -0.4 is 10.2 Å². The Morgan fingerprint density at radius 1 is 1.17 bits per heavy atom. The van der Waals surface area contributed by atoms with Crippen molar-refractivity contribution in [1.82, 2.24) is 4.90 Å². The van der Waals surface area contributed by atoms with Gasteiger partial charge in [0.2, 0.25) is 0 Å². The molecular weight excluding hydrogens is 290 g/mol. The predicted octanol–water partition coefficient (Wildman–Crippen LogP) is 3.32. The summed E-state index contributed by atoms with van der Waals surface area (Å²) in [6, 6.07) is 8.18. The number of nitrogens with one attached hydrogen (secondary N) is 1. The van der Waals surface area contributed by atoms with Crippen LogP contribution in [0, 0.1) is 0 Å². The zero-order chi connectivity index (χ0) is 16.1. The average molecular weight is 317 g/mol. The van der Waals surface area contributed by atoms with E-state index in [1.54, 1.807) is 0 Å². The molecule has 0 bridgehead atoms. The molecule has 5 nitrogen and oxygen atoms in total. The molecule has 2 aliphatic heterocycles. The first-order chi connectivity index (χ1) is 11.2. The Labute approximate surface area is 138 Å². The number of rotatable bonds is 2. The van der Waals surface area contributed by atoms with Crippen LogP contribution in [0.2, 0.25) is 0 Å². The molecule has 23 heavy (non-hydrogen) atoms. The Balaban J connectivity index is 1.63. The topological polar surface area (TPSA) is 44.8 Å². The quantitative estimate of drug-likeness (QED) is 0.910. The van der Waals surface area contributed by atoms with Crippen molar-refractivity contribution in [2.24, 2.45) is 0 Å². The summed E-state index contributed by atoms with van der Waals surface area (Å²) in [5, 5.41) is 3.03. The summed E-state index contributed by atoms with van der Waals surface area (Å²) in [6.07, 6.45) is 5.26. The molecule has 3 rings (SSSR count). The number of hydrogen-bond donors (Lipinski definition) is 1. The van der Waals surface area contributed by atoms with Gasteiger partial charge in [-0.1, -0.05) is 18.9 Å². The molecule has 1 N–H and O–H groups in total. The number of carbonyl (C=O) groups is 1. The summed E-state index contributed by atoms with van der Waals surface area (Å²) in [7, 11) is 0. The van der Waals surface area contributed by atoms with E-state index in [4.69, 9.17) is 4.74 Å². The summed E-state index contributed by atoms with van der Waals surface area (Å²) >= 11 is 0. The Morgan fingerprint density at radius 3 is 2.70 bits per heavy atom. The fraction of sp³-hybridized carbons (Fsp3) is 0.611. The van der Waals surface area contributed by atoms with Crippen molar-refractivity contribution in [1.29, 1.82) is 0 Å². The molecule has 0 aliphatic carbocycles. The third kappa shape index (κ3) is 4.38. The van der Waals surface area contributed by atoms with Crippen molar-refractivity contribution in [3.05, 3.63) is 24.3 Å². The smallest absolute Gasteiger partial charge is 0.322 e. The number of carbonyl (C=O) groups excluding carboxylic acids is 1. The highest BCUT2D eigenvalue weighted by molar-refractivity contribution is 5.90. The number of urea groups is 1. The van der Waals surface area contributed by atoms with Gasteiger partial charge in [0, 0.05) is 37.6 Å². The summed E-state index contributed by atoms with van der Waals surface area (Å²) in [5.74, 6) is 0. The zero-order valence-electron chi connectivity index (χ0n) is 14.0. The standard InChI is InChI=1S/C18H27N3O2/c1-15-14-21(11-12-23-15)18(22)19-16-7-6-8-17(13-16)20-9-4-2-3-5-10-20/h6-8,13,15H,2-5,9-12,14H2,1H3,(H,19,22). The Bertz CT molecular complexity index is 527. The molecule has 5 heteroatoms. The van der Waals surface area contributed by atoms with E-state index in [0.717, 1.165) is 18.8 Å². The van der Waals surface area contributed by atoms with E-state index in [1.807, 2.05) is 24.0 Å². The minimum Gasteiger partial charge on any atom is -0.375 e. The van der Waals surface area contributed by atoms with Gasteiger partial charge in [-0.25, -0.2) is 4.79 Å². The fourth-order valence-corrected chi connectivity index (χ4v) is 3.31. The van der Waals surface area contributed by atoms with Crippen LogP contribution in [-0.2, 0) is 4.74 Å². The minimum absolute atomic E-state index is 0.0341. The molecule has 2 saturated heterocycles. The van der Waals surface area contributed by atoms with Gasteiger partial charge >= 0.3 is 6.03 Å². The summed E-state index contributed by atoms with van der Waals surface area (Å²) < 4.78 is 5.49. The molecule has 1 aromatic rings. The van der Waals surface area contributed by atoms with Gasteiger partial charge < -0.3 is 19.9 Å². The molecule has 1 aromatic carbocycles. The van der Waals surface area contributed by atoms with Crippen molar-refractivity contribution < 1.29 is 9.53 Å². The molecule has 0 aromatic heterocycles. The molecule has 2 heterocycles. The number of nitrogens with zero attached hydrogens (tertiary/aromatic N) is 2. The second-order valence-corrected chi connectivity index (χ2v) is 6.51. The van der Waals surface area contributed by atoms with Crippen LogP contribution in [0.5, 0.6) is 0 Å². The van der Waals surface area contributed by atoms with Crippen LogP contribution >= 0.6 is 0 Å². The maximum Gasteiger partial charge on any atom is 0.322 e. The molecule has 2 fully saturated rings. The lowest BCUT2D eigenvalue weighted by Gasteiger charge is -2.31. The van der Waals surface area contributed by atoms with Crippen LogP contribution in [0.25, 0.3) is 0 Å². The van der Waals surface area contributed by atoms with Crippen LogP contribution in [0.15, 0.2) is 24.3 Å². The third-order valence-corrected chi connectivity index (χ3v) is 4.60. The Kier molecular flexibility index (Phi) is 5.39. The van der Waals surface area contributed by atoms with Gasteiger partial charge in [0.25, 0.3) is 0 Å². The van der Waals surface area contributed by atoms with E-state index in [0.29, 0.717) is 19.7 Å². The van der Waals surface area contributed by atoms with Gasteiger partial charge in [0.1, 0.15) is 0 Å². The highest BCUT2D eigenvalue weighted by Crippen LogP contribution is 2.23. The molecule has 2 amide bonds. The molecule has 126 valence electrons. The van der Waals surface area contributed by atoms with Crippen molar-refractivity contribution >= 4 is 17.4 Å². The van der Waals surface area contributed by atoms with Gasteiger partial charge in [-0.3, -0.25) is 0 Å². The Hall–Kier alpha value is -1.75. The SMILES string of the molecule is CC1CN(C(=O)Nc2cccc(N3CCCCCC3)c2)CCO1. The molecule has 1 atom stereocenters. The van der Waals surface area contributed by atoms with Gasteiger partial charge in [-0.2, -0.15) is 0 Å². The van der Waals surface area contributed by atoms with Gasteiger partial charge in [-0.15, -0.1) is 0 Å². The minimum atomic E-state index is -0.0341. The van der Waals surface area contributed by atoms with Gasteiger partial charge in [0.15, 0.2) is 0 Å². The summed E-state index contributed by atoms with van der Waals surface area (Å²) in [5.41, 5.74) is 2.08. The normalized spacial score (nSPS) is 22.6. The zero-order valence-corrected chi connectivity index (χ0v) is 14.0. The lowest BCUT2D eigenvalue weighted by atomic mass is 10.2. The van der Waals surface area contributed by atoms with E-state index in [1.165, 1.54) is 31.4 Å². The molecule has 1 unspecified atom stereocenters. The first kappa shape index (κ1) is 16.1. The number of ether oxygens (including phenoxy) is 1. The first-order valence-electron chi connectivity index (χ1n) is 8.75. The summed E-state index contributed by atoms with van der Waals surface area (Å²) in [4.78, 5) is 16.7. The van der Waals surface area contributed by atoms with E-state index in [-0.39, 0.29) is 12.1 Å². The van der Waals surface area contributed by atoms with Crippen LogP contribution in [0.1, 0.15) is 32.6 Å². The van der Waals surface area contributed by atoms with Gasteiger partial charge in [-0.05, 0) is 38.0 Å². The molecule has 2 aliphatic rings. The van der Waals surface area contributed by atoms with Crippen molar-refractivity contribution in [2.75, 3.05) is 43.0 Å². The highest BCUT2D eigenvalue weighted by Gasteiger charge is 2.21. The van der Waals surface area contributed by atoms with E-state index in [9.17, 15) is 4.79 Å². The molecule has 0 radical (unpaired) electrons. The molecule has 0 spiro atoms. The number of morpholine rings is 1. The van der Waals surface area contributed by atoms with Crippen molar-refractivity contribution in [2.45, 2.75) is 38.7 Å². The third-order valence-electron chi connectivity index (χ3n) is 4.60. The Morgan fingerprint density at radius 2 is 1.96 bits per heavy atom. The fourth-order valence-electron chi connectivity index (χ4n) is 3.31. The van der Waals surface area contributed by atoms with Crippen molar-refractivity contribution in [3.8, 4) is 0 Å². The monoisotopic (exact) mass is 317 g/mol. The maximum absolute atomic E-state index is 12.4. The number of amides is 2. The largest absolute Gasteiger partial charge is 0.375 e. The second-order valence-electron chi connectivity index (χ2n) is 6.51. The lowest BCUT2D eigenvalue weighted by molar-refractivity contribution is -0.00138. The van der Waals surface area contributed by atoms with E-state index >= 15 is 0 Å².